The summed E-state index contributed by atoms with van der Waals surface area (Å²) in [4.78, 5) is 23.8. The monoisotopic (exact) mass is 247 g/mol. The van der Waals surface area contributed by atoms with Crippen LogP contribution in [0.1, 0.15) is 29.2 Å². The summed E-state index contributed by atoms with van der Waals surface area (Å²) in [6, 6.07) is 3.23. The highest BCUT2D eigenvalue weighted by molar-refractivity contribution is 5.93. The lowest BCUT2D eigenvalue weighted by atomic mass is 10.2. The summed E-state index contributed by atoms with van der Waals surface area (Å²) in [5, 5.41) is 4.20. The molecule has 18 heavy (non-hydrogen) atoms. The molecule has 0 spiro atoms. The summed E-state index contributed by atoms with van der Waals surface area (Å²) in [6.45, 7) is 0.634. The van der Waals surface area contributed by atoms with Gasteiger partial charge < -0.3 is 4.42 Å². The average Bonchev–Trinajstić information content (AvgIpc) is 3.00. The predicted octanol–water partition coefficient (Wildman–Crippen LogP) is 0.857. The first kappa shape index (κ1) is 11.0. The minimum atomic E-state index is -0.238. The molecule has 3 rings (SSSR count). The first-order chi connectivity index (χ1) is 8.75. The zero-order valence-corrected chi connectivity index (χ0v) is 9.83. The van der Waals surface area contributed by atoms with Crippen molar-refractivity contribution in [2.24, 2.45) is 0 Å². The van der Waals surface area contributed by atoms with Gasteiger partial charge in [0.1, 0.15) is 12.4 Å². The van der Waals surface area contributed by atoms with Crippen molar-refractivity contribution in [3.63, 3.8) is 0 Å². The Morgan fingerprint density at radius 2 is 2.33 bits per heavy atom. The van der Waals surface area contributed by atoms with Gasteiger partial charge in [-0.25, -0.2) is 9.48 Å². The fraction of sp³-hybridized carbons (Fsp3) is 0.417. The van der Waals surface area contributed by atoms with Gasteiger partial charge in [-0.3, -0.25) is 9.36 Å². The fourth-order valence-corrected chi connectivity index (χ4v) is 2.20. The van der Waals surface area contributed by atoms with Gasteiger partial charge >= 0.3 is 5.69 Å². The van der Waals surface area contributed by atoms with Crippen LogP contribution in [0.25, 0.3) is 0 Å². The van der Waals surface area contributed by atoms with Crippen molar-refractivity contribution in [1.82, 2.24) is 14.3 Å². The molecule has 0 amide bonds. The molecular weight excluding hydrogens is 234 g/mol. The van der Waals surface area contributed by atoms with E-state index in [1.807, 2.05) is 0 Å². The first-order valence-electron chi connectivity index (χ1n) is 5.99. The smallest absolute Gasteiger partial charge is 0.346 e. The molecule has 0 unspecified atom stereocenters. The lowest BCUT2D eigenvalue weighted by molar-refractivity contribution is 0.0938. The van der Waals surface area contributed by atoms with Crippen LogP contribution in [0.15, 0.2) is 27.6 Å². The number of ketones is 1. The second-order valence-electron chi connectivity index (χ2n) is 4.37. The SMILES string of the molecule is O=C(Cn1nc2n(c1=O)CCCC2)c1ccco1. The normalized spacial score (nSPS) is 14.4. The van der Waals surface area contributed by atoms with E-state index in [0.717, 1.165) is 25.1 Å². The van der Waals surface area contributed by atoms with E-state index < -0.39 is 0 Å². The summed E-state index contributed by atoms with van der Waals surface area (Å²) >= 11 is 0. The molecule has 0 aliphatic carbocycles. The molecule has 1 aliphatic heterocycles. The van der Waals surface area contributed by atoms with E-state index in [4.69, 9.17) is 4.42 Å². The second-order valence-corrected chi connectivity index (χ2v) is 4.37. The van der Waals surface area contributed by atoms with Gasteiger partial charge in [0, 0.05) is 13.0 Å². The number of furan rings is 1. The first-order valence-corrected chi connectivity index (χ1v) is 5.99. The zero-order chi connectivity index (χ0) is 12.5. The summed E-state index contributed by atoms with van der Waals surface area (Å²) in [5.74, 6) is 0.795. The average molecular weight is 247 g/mol. The number of carbonyl (C=O) groups excluding carboxylic acids is 1. The van der Waals surface area contributed by atoms with Crippen LogP contribution < -0.4 is 5.69 Å². The molecule has 6 nitrogen and oxygen atoms in total. The van der Waals surface area contributed by atoms with Gasteiger partial charge in [-0.15, -0.1) is 0 Å². The minimum Gasteiger partial charge on any atom is -0.461 e. The molecule has 6 heteroatoms. The van der Waals surface area contributed by atoms with Gasteiger partial charge in [-0.1, -0.05) is 0 Å². The molecule has 0 atom stereocenters. The molecule has 0 radical (unpaired) electrons. The van der Waals surface area contributed by atoms with Crippen molar-refractivity contribution >= 4 is 5.78 Å². The maximum absolute atomic E-state index is 12.0. The van der Waals surface area contributed by atoms with Crippen LogP contribution in [0.2, 0.25) is 0 Å². The molecule has 0 aromatic carbocycles. The van der Waals surface area contributed by atoms with E-state index in [1.165, 1.54) is 10.9 Å². The Bertz CT molecular complexity index is 622. The van der Waals surface area contributed by atoms with Crippen molar-refractivity contribution in [1.29, 1.82) is 0 Å². The Morgan fingerprint density at radius 3 is 3.06 bits per heavy atom. The largest absolute Gasteiger partial charge is 0.461 e. The van der Waals surface area contributed by atoms with Gasteiger partial charge in [-0.2, -0.15) is 5.10 Å². The van der Waals surface area contributed by atoms with Crippen molar-refractivity contribution in [3.8, 4) is 0 Å². The second kappa shape index (κ2) is 4.29. The van der Waals surface area contributed by atoms with Gasteiger partial charge in [0.05, 0.1) is 6.26 Å². The van der Waals surface area contributed by atoms with Crippen LogP contribution in [-0.2, 0) is 19.5 Å². The fourth-order valence-electron chi connectivity index (χ4n) is 2.20. The highest BCUT2D eigenvalue weighted by Gasteiger charge is 2.19. The number of hydrogen-bond donors (Lipinski definition) is 0. The third-order valence-corrected chi connectivity index (χ3v) is 3.12. The molecule has 0 saturated heterocycles. The molecule has 2 aromatic rings. The summed E-state index contributed by atoms with van der Waals surface area (Å²) in [6.07, 6.45) is 4.28. The Balaban J connectivity index is 1.87. The summed E-state index contributed by atoms with van der Waals surface area (Å²) < 4.78 is 7.89. The number of aromatic nitrogens is 3. The number of aryl methyl sites for hydroxylation is 1. The van der Waals surface area contributed by atoms with Gasteiger partial charge in [0.25, 0.3) is 0 Å². The van der Waals surface area contributed by atoms with Crippen LogP contribution in [-0.4, -0.2) is 20.1 Å². The molecule has 0 bridgehead atoms. The van der Waals surface area contributed by atoms with E-state index in [2.05, 4.69) is 5.10 Å². The molecule has 2 aromatic heterocycles. The third kappa shape index (κ3) is 1.79. The molecule has 0 N–H and O–H groups in total. The van der Waals surface area contributed by atoms with Gasteiger partial charge in [-0.05, 0) is 25.0 Å². The van der Waals surface area contributed by atoms with Crippen molar-refractivity contribution < 1.29 is 9.21 Å². The van der Waals surface area contributed by atoms with Crippen molar-refractivity contribution in [2.75, 3.05) is 0 Å². The maximum atomic E-state index is 12.0. The van der Waals surface area contributed by atoms with Gasteiger partial charge in [0.15, 0.2) is 5.76 Å². The van der Waals surface area contributed by atoms with Gasteiger partial charge in [0.2, 0.25) is 5.78 Å². The van der Waals surface area contributed by atoms with Crippen molar-refractivity contribution in [3.05, 3.63) is 40.5 Å². The number of nitrogens with zero attached hydrogens (tertiary/aromatic N) is 3. The molecule has 1 aliphatic rings. The minimum absolute atomic E-state index is 0.0631. The molecular formula is C12H13N3O3. The van der Waals surface area contributed by atoms with E-state index in [0.29, 0.717) is 6.54 Å². The Morgan fingerprint density at radius 1 is 1.44 bits per heavy atom. The number of carbonyl (C=O) groups is 1. The van der Waals surface area contributed by atoms with Crippen molar-refractivity contribution in [2.45, 2.75) is 32.4 Å². The lowest BCUT2D eigenvalue weighted by Gasteiger charge is -2.09. The Hall–Kier alpha value is -2.11. The van der Waals surface area contributed by atoms with Crippen LogP contribution in [0.5, 0.6) is 0 Å². The summed E-state index contributed by atoms with van der Waals surface area (Å²) in [7, 11) is 0. The standard InChI is InChI=1S/C12H13N3O3/c16-9(10-4-3-7-18-10)8-15-12(17)14-6-2-1-5-11(14)13-15/h3-4,7H,1-2,5-6,8H2. The van der Waals surface area contributed by atoms with Crippen LogP contribution >= 0.6 is 0 Å². The lowest BCUT2D eigenvalue weighted by Crippen LogP contribution is -2.29. The van der Waals surface area contributed by atoms with Crippen LogP contribution in [0, 0.1) is 0 Å². The van der Waals surface area contributed by atoms with E-state index in [9.17, 15) is 9.59 Å². The third-order valence-electron chi connectivity index (χ3n) is 3.12. The maximum Gasteiger partial charge on any atom is 0.346 e. The quantitative estimate of drug-likeness (QED) is 0.754. The summed E-state index contributed by atoms with van der Waals surface area (Å²) in [5.41, 5.74) is -0.204. The number of rotatable bonds is 3. The Labute approximate surface area is 103 Å². The van der Waals surface area contributed by atoms with E-state index >= 15 is 0 Å². The zero-order valence-electron chi connectivity index (χ0n) is 9.83. The molecule has 0 fully saturated rings. The highest BCUT2D eigenvalue weighted by atomic mass is 16.3. The van der Waals surface area contributed by atoms with E-state index in [1.54, 1.807) is 16.7 Å². The number of Topliss-reactive ketones (excluding diaryl/α,β-unsaturated/α-hetero) is 1. The van der Waals surface area contributed by atoms with Crippen LogP contribution in [0.4, 0.5) is 0 Å². The van der Waals surface area contributed by atoms with Crippen LogP contribution in [0.3, 0.4) is 0 Å². The molecule has 94 valence electrons. The number of fused-ring (bicyclic) bond motifs is 1. The topological polar surface area (TPSA) is 70.0 Å². The number of hydrogen-bond acceptors (Lipinski definition) is 4. The Kier molecular flexibility index (Phi) is 2.62. The predicted molar refractivity (Wildman–Crippen MR) is 62.5 cm³/mol. The highest BCUT2D eigenvalue weighted by Crippen LogP contribution is 2.09. The molecule has 3 heterocycles. The molecule has 0 saturated carbocycles. The van der Waals surface area contributed by atoms with E-state index in [-0.39, 0.29) is 23.8 Å².